The lowest BCUT2D eigenvalue weighted by molar-refractivity contribution is -0.251. The highest BCUT2D eigenvalue weighted by molar-refractivity contribution is 5.84. The van der Waals surface area contributed by atoms with Gasteiger partial charge in [0.25, 0.3) is 0 Å². The maximum absolute atomic E-state index is 14.9. The molecule has 8 rings (SSSR count). The number of nitrogens with one attached hydrogen (secondary N) is 2. The van der Waals surface area contributed by atoms with Crippen LogP contribution in [0.3, 0.4) is 0 Å². The molecule has 0 unspecified atom stereocenters. The average Bonchev–Trinajstić information content (AvgIpc) is 3.80. The van der Waals surface area contributed by atoms with Crippen molar-refractivity contribution >= 4 is 17.8 Å². The van der Waals surface area contributed by atoms with Crippen LogP contribution in [0, 0.1) is 73.9 Å². The van der Waals surface area contributed by atoms with E-state index in [0.29, 0.717) is 30.1 Å². The van der Waals surface area contributed by atoms with E-state index in [0.717, 1.165) is 74.9 Å². The first-order chi connectivity index (χ1) is 26.7. The number of amides is 1. The Labute approximate surface area is 341 Å². The van der Waals surface area contributed by atoms with E-state index in [1.54, 1.807) is 0 Å². The number of rotatable bonds is 8. The summed E-state index contributed by atoms with van der Waals surface area (Å²) in [5.41, 5.74) is 2.41. The van der Waals surface area contributed by atoms with Crippen molar-refractivity contribution in [1.82, 2.24) is 15.3 Å². The molecule has 0 saturated heterocycles. The van der Waals surface area contributed by atoms with Crippen molar-refractivity contribution in [3.63, 3.8) is 0 Å². The van der Waals surface area contributed by atoms with Gasteiger partial charge in [-0.3, -0.25) is 14.4 Å². The predicted octanol–water partition coefficient (Wildman–Crippen LogP) is 10.6. The number of hydrogen-bond acceptors (Lipinski definition) is 5. The first-order valence-corrected chi connectivity index (χ1v) is 22.2. The van der Waals surface area contributed by atoms with Crippen LogP contribution in [0.25, 0.3) is 11.3 Å². The van der Waals surface area contributed by atoms with E-state index in [-0.39, 0.29) is 57.5 Å². The smallest absolute Gasteiger partial charge is 0.309 e. The Balaban J connectivity index is 1.02. The summed E-state index contributed by atoms with van der Waals surface area (Å²) in [5, 5.41) is 13.2. The normalized spacial score (nSPS) is 41.8. The van der Waals surface area contributed by atoms with Gasteiger partial charge in [0.05, 0.1) is 35.2 Å². The molecule has 0 bridgehead atoms. The minimum absolute atomic E-state index is 0.0948. The van der Waals surface area contributed by atoms with Gasteiger partial charge in [-0.15, -0.1) is 0 Å². The molecule has 0 radical (unpaired) electrons. The van der Waals surface area contributed by atoms with Crippen LogP contribution < -0.4 is 5.32 Å². The number of imidazole rings is 1. The molecule has 13 atom stereocenters. The zero-order valence-corrected chi connectivity index (χ0v) is 36.2. The Hall–Kier alpha value is -3.42. The lowest BCUT2D eigenvalue weighted by Gasteiger charge is -2.73. The second-order valence-electron chi connectivity index (χ2n) is 21.9. The van der Waals surface area contributed by atoms with Crippen LogP contribution in [-0.2, 0) is 19.1 Å². The average molecular weight is 780 g/mol. The number of carbonyl (C=O) groups is 3. The molecule has 0 spiro atoms. The van der Waals surface area contributed by atoms with Gasteiger partial charge in [0.15, 0.2) is 0 Å². The number of carboxylic acids is 1. The van der Waals surface area contributed by atoms with E-state index in [4.69, 9.17) is 9.72 Å². The van der Waals surface area contributed by atoms with Crippen molar-refractivity contribution < 1.29 is 24.2 Å². The maximum Gasteiger partial charge on any atom is 0.309 e. The van der Waals surface area contributed by atoms with Crippen molar-refractivity contribution in [2.75, 3.05) is 0 Å². The number of esters is 1. The number of ether oxygens (including phenoxy) is 1. The van der Waals surface area contributed by atoms with E-state index >= 15 is 0 Å². The van der Waals surface area contributed by atoms with Crippen LogP contribution in [0.2, 0.25) is 0 Å². The van der Waals surface area contributed by atoms with Gasteiger partial charge < -0.3 is 20.1 Å². The summed E-state index contributed by atoms with van der Waals surface area (Å²) in [5.74, 6) is 1.11. The Kier molecular flexibility index (Phi) is 9.60. The van der Waals surface area contributed by atoms with Crippen molar-refractivity contribution in [2.24, 2.45) is 73.9 Å². The molecular weight excluding hydrogens is 711 g/mol. The molecule has 310 valence electrons. The molecule has 6 saturated carbocycles. The van der Waals surface area contributed by atoms with Gasteiger partial charge in [-0.2, -0.15) is 0 Å². The summed E-state index contributed by atoms with van der Waals surface area (Å²) in [7, 11) is 0. The molecule has 8 heteroatoms. The summed E-state index contributed by atoms with van der Waals surface area (Å²) in [6, 6.07) is 9.98. The number of benzene rings is 1. The molecule has 6 fully saturated rings. The second-order valence-corrected chi connectivity index (χ2v) is 21.9. The number of nitrogens with zero attached hydrogens (tertiary/aromatic N) is 1. The molecule has 0 aliphatic heterocycles. The summed E-state index contributed by atoms with van der Waals surface area (Å²) >= 11 is 0. The first-order valence-electron chi connectivity index (χ1n) is 22.2. The second kappa shape index (κ2) is 13.6. The molecule has 3 N–H and O–H groups in total. The third kappa shape index (κ3) is 5.78. The van der Waals surface area contributed by atoms with Gasteiger partial charge in [0.2, 0.25) is 5.91 Å². The zero-order valence-electron chi connectivity index (χ0n) is 36.2. The van der Waals surface area contributed by atoms with E-state index in [1.807, 2.05) is 38.2 Å². The molecule has 8 nitrogen and oxygen atoms in total. The van der Waals surface area contributed by atoms with Crippen LogP contribution >= 0.6 is 0 Å². The molecule has 1 aromatic heterocycles. The van der Waals surface area contributed by atoms with Crippen LogP contribution in [0.5, 0.6) is 0 Å². The van der Waals surface area contributed by atoms with E-state index < -0.39 is 22.7 Å². The number of aliphatic carboxylic acids is 1. The molecule has 57 heavy (non-hydrogen) atoms. The third-order valence-corrected chi connectivity index (χ3v) is 19.0. The Morgan fingerprint density at radius 2 is 1.58 bits per heavy atom. The van der Waals surface area contributed by atoms with Crippen molar-refractivity contribution in [1.29, 1.82) is 0 Å². The molecular formula is C49H69N3O5. The molecule has 6 aliphatic rings. The fourth-order valence-electron chi connectivity index (χ4n) is 15.4. The van der Waals surface area contributed by atoms with Crippen molar-refractivity contribution in [2.45, 2.75) is 145 Å². The van der Waals surface area contributed by atoms with Gasteiger partial charge in [0.1, 0.15) is 11.9 Å². The molecule has 1 amide bonds. The van der Waals surface area contributed by atoms with E-state index in [1.165, 1.54) is 12.0 Å². The summed E-state index contributed by atoms with van der Waals surface area (Å²) in [6.07, 6.45) is 12.4. The van der Waals surface area contributed by atoms with Gasteiger partial charge >= 0.3 is 11.9 Å². The Bertz CT molecular complexity index is 1930. The van der Waals surface area contributed by atoms with Crippen molar-refractivity contribution in [3.05, 3.63) is 54.5 Å². The Morgan fingerprint density at radius 1 is 0.860 bits per heavy atom. The van der Waals surface area contributed by atoms with E-state index in [2.05, 4.69) is 77.5 Å². The number of fused-ring (bicyclic) bond motifs is 7. The lowest BCUT2D eigenvalue weighted by Crippen LogP contribution is -2.67. The molecule has 2 aromatic rings. The number of hydrogen-bond donors (Lipinski definition) is 3. The standard InChI is InChI=1S/C49H69N3O5/c1-28(2)31-18-23-49(43(56)51-29(3)40-50-27-35(52-40)30-14-12-11-13-15-30)25-24-47(9)32(39(31)49)16-17-37-46(8)21-20-38(45(6,7)36(46)19-22-48(37,47)10)57-42(55)34-26-33(41(53)54)44(34,4)5/h11-15,27,29,31-34,36-39H,1,16-26H2,2-10H3,(H,50,52)(H,51,56)(H,53,54)/t29-,31-,32+,33-,34+,36-,37+,38-,39+,46-,47+,48+,49-/m0/s1. The topological polar surface area (TPSA) is 121 Å². The van der Waals surface area contributed by atoms with Crippen LogP contribution in [0.15, 0.2) is 48.7 Å². The zero-order chi connectivity index (χ0) is 41.1. The summed E-state index contributed by atoms with van der Waals surface area (Å²) in [6.45, 7) is 25.1. The number of carbonyl (C=O) groups excluding carboxylic acids is 2. The monoisotopic (exact) mass is 780 g/mol. The Morgan fingerprint density at radius 3 is 2.25 bits per heavy atom. The van der Waals surface area contributed by atoms with Crippen LogP contribution in [0.4, 0.5) is 0 Å². The molecule has 1 aromatic carbocycles. The van der Waals surface area contributed by atoms with Gasteiger partial charge in [-0.1, -0.05) is 91.0 Å². The summed E-state index contributed by atoms with van der Waals surface area (Å²) in [4.78, 5) is 48.5. The van der Waals surface area contributed by atoms with E-state index in [9.17, 15) is 19.5 Å². The highest BCUT2D eigenvalue weighted by atomic mass is 16.5. The number of carboxylic acid groups (broad SMARTS) is 1. The first kappa shape index (κ1) is 40.4. The minimum atomic E-state index is -0.820. The molecule has 6 aliphatic carbocycles. The molecule has 1 heterocycles. The summed E-state index contributed by atoms with van der Waals surface area (Å²) < 4.78 is 6.44. The van der Waals surface area contributed by atoms with Gasteiger partial charge in [-0.25, -0.2) is 4.98 Å². The highest BCUT2D eigenvalue weighted by Gasteiger charge is 2.72. The highest BCUT2D eigenvalue weighted by Crippen LogP contribution is 2.77. The van der Waals surface area contributed by atoms with Crippen LogP contribution in [0.1, 0.15) is 145 Å². The minimum Gasteiger partial charge on any atom is -0.481 e. The quantitative estimate of drug-likeness (QED) is 0.181. The predicted molar refractivity (Wildman–Crippen MR) is 222 cm³/mol. The number of allylic oxidation sites excluding steroid dienone is 1. The lowest BCUT2D eigenvalue weighted by atomic mass is 9.32. The van der Waals surface area contributed by atoms with Gasteiger partial charge in [-0.05, 0) is 141 Å². The van der Waals surface area contributed by atoms with Crippen molar-refractivity contribution in [3.8, 4) is 11.3 Å². The third-order valence-electron chi connectivity index (χ3n) is 19.0. The van der Waals surface area contributed by atoms with Crippen LogP contribution in [-0.4, -0.2) is 39.0 Å². The largest absolute Gasteiger partial charge is 0.481 e. The fourth-order valence-corrected chi connectivity index (χ4v) is 15.4. The number of H-pyrrole nitrogens is 1. The number of aromatic nitrogens is 2. The maximum atomic E-state index is 14.9. The number of aromatic amines is 1. The fraction of sp³-hybridized carbons (Fsp3) is 0.714. The van der Waals surface area contributed by atoms with Gasteiger partial charge in [0, 0.05) is 5.41 Å². The SMILES string of the molecule is C=C(C)[C@@H]1CC[C@]2(C(=O)N[C@@H](C)c3ncc(-c4ccccc4)[nH]3)CC[C@]3(C)[C@H](CC[C@@H]4[C@@]5(C)CC[C@H](OC(=O)[C@H]6C[C@@H](C(=O)O)C6(C)C)C(C)(C)[C@@H]5CC[C@]43C)[C@@H]12.